The average Bonchev–Trinajstić information content (AvgIpc) is 2.78. The van der Waals surface area contributed by atoms with Gasteiger partial charge < -0.3 is 9.64 Å². The molecule has 0 aromatic heterocycles. The molecule has 1 aliphatic heterocycles. The summed E-state index contributed by atoms with van der Waals surface area (Å²) in [5.41, 5.74) is -1.84. The standard InChI is InChI=1S/C18H16F3NO2/c1-22-15-6-4-3-5-14(15)17(16(22)23,18(19,20)21)11-12-7-9-13(24-2)10-8-12/h3-10H,11H2,1-2H3. The third-order valence-electron chi connectivity index (χ3n) is 4.51. The van der Waals surface area contributed by atoms with Crippen molar-refractivity contribution in [2.75, 3.05) is 19.1 Å². The smallest absolute Gasteiger partial charge is 0.407 e. The second-order valence-electron chi connectivity index (χ2n) is 5.81. The van der Waals surface area contributed by atoms with Crippen molar-refractivity contribution in [1.29, 1.82) is 0 Å². The summed E-state index contributed by atoms with van der Waals surface area (Å²) in [5, 5.41) is 0. The minimum atomic E-state index is -4.70. The molecule has 126 valence electrons. The van der Waals surface area contributed by atoms with Crippen LogP contribution in [0, 0.1) is 0 Å². The van der Waals surface area contributed by atoms with Crippen LogP contribution in [0.2, 0.25) is 0 Å². The van der Waals surface area contributed by atoms with E-state index in [2.05, 4.69) is 0 Å². The number of fused-ring (bicyclic) bond motifs is 1. The lowest BCUT2D eigenvalue weighted by Gasteiger charge is -2.31. The molecule has 24 heavy (non-hydrogen) atoms. The minimum absolute atomic E-state index is 0.000757. The van der Waals surface area contributed by atoms with Gasteiger partial charge >= 0.3 is 6.18 Å². The van der Waals surface area contributed by atoms with Crippen molar-refractivity contribution in [2.45, 2.75) is 18.0 Å². The number of amides is 1. The number of para-hydroxylation sites is 1. The van der Waals surface area contributed by atoms with Gasteiger partial charge in [0.05, 0.1) is 7.11 Å². The predicted molar refractivity (Wildman–Crippen MR) is 84.3 cm³/mol. The van der Waals surface area contributed by atoms with Crippen LogP contribution < -0.4 is 9.64 Å². The molecular formula is C18H16F3NO2. The number of carbonyl (C=O) groups excluding carboxylic acids is 1. The zero-order valence-corrected chi connectivity index (χ0v) is 13.2. The number of carbonyl (C=O) groups is 1. The second-order valence-corrected chi connectivity index (χ2v) is 5.81. The Morgan fingerprint density at radius 3 is 2.29 bits per heavy atom. The fraction of sp³-hybridized carbons (Fsp3) is 0.278. The van der Waals surface area contributed by atoms with Crippen LogP contribution in [0.5, 0.6) is 5.75 Å². The largest absolute Gasteiger partial charge is 0.497 e. The number of methoxy groups -OCH3 is 1. The molecule has 0 bridgehead atoms. The predicted octanol–water partition coefficient (Wildman–Crippen LogP) is 3.71. The van der Waals surface area contributed by atoms with Gasteiger partial charge in [-0.3, -0.25) is 4.79 Å². The summed E-state index contributed by atoms with van der Waals surface area (Å²) in [6.45, 7) is 0. The van der Waals surface area contributed by atoms with Crippen LogP contribution in [0.3, 0.4) is 0 Å². The van der Waals surface area contributed by atoms with Crippen molar-refractivity contribution in [1.82, 2.24) is 0 Å². The molecule has 1 aliphatic rings. The normalized spacial score (nSPS) is 20.2. The molecule has 3 nitrogen and oxygen atoms in total. The Morgan fingerprint density at radius 1 is 1.08 bits per heavy atom. The Kier molecular flexibility index (Phi) is 3.78. The van der Waals surface area contributed by atoms with Crippen LogP contribution in [0.1, 0.15) is 11.1 Å². The minimum Gasteiger partial charge on any atom is -0.497 e. The monoisotopic (exact) mass is 335 g/mol. The van der Waals surface area contributed by atoms with E-state index in [1.807, 2.05) is 0 Å². The summed E-state index contributed by atoms with van der Waals surface area (Å²) in [6.07, 6.45) is -5.15. The number of hydrogen-bond donors (Lipinski definition) is 0. The van der Waals surface area contributed by atoms with Crippen LogP contribution >= 0.6 is 0 Å². The molecule has 0 spiro atoms. The molecule has 2 aromatic carbocycles. The van der Waals surface area contributed by atoms with Crippen LogP contribution in [0.15, 0.2) is 48.5 Å². The van der Waals surface area contributed by atoms with Gasteiger partial charge in [-0.25, -0.2) is 0 Å². The Labute approximate surface area is 137 Å². The first-order valence-corrected chi connectivity index (χ1v) is 7.38. The third kappa shape index (κ3) is 2.25. The van der Waals surface area contributed by atoms with Crippen LogP contribution in [-0.4, -0.2) is 26.2 Å². The first-order valence-electron chi connectivity index (χ1n) is 7.38. The molecular weight excluding hydrogens is 319 g/mol. The molecule has 6 heteroatoms. The lowest BCUT2D eigenvalue weighted by Crippen LogP contribution is -2.51. The quantitative estimate of drug-likeness (QED) is 0.856. The van der Waals surface area contributed by atoms with Crippen LogP contribution in [-0.2, 0) is 16.6 Å². The summed E-state index contributed by atoms with van der Waals surface area (Å²) in [5.74, 6) is -0.401. The van der Waals surface area contributed by atoms with E-state index in [9.17, 15) is 18.0 Å². The Hall–Kier alpha value is -2.50. The molecule has 1 unspecified atom stereocenters. The van der Waals surface area contributed by atoms with E-state index >= 15 is 0 Å². The number of halogens is 3. The number of nitrogens with zero attached hydrogens (tertiary/aromatic N) is 1. The van der Waals surface area contributed by atoms with E-state index < -0.39 is 23.9 Å². The maximum atomic E-state index is 14.1. The fourth-order valence-corrected chi connectivity index (χ4v) is 3.23. The summed E-state index contributed by atoms with van der Waals surface area (Å²) < 4.78 is 47.3. The molecule has 3 rings (SSSR count). The van der Waals surface area contributed by atoms with Gasteiger partial charge in [-0.05, 0) is 30.2 Å². The van der Waals surface area contributed by atoms with Crippen molar-refractivity contribution in [3.8, 4) is 5.75 Å². The summed E-state index contributed by atoms with van der Waals surface area (Å²) in [4.78, 5) is 13.7. The van der Waals surface area contributed by atoms with Crippen LogP contribution in [0.25, 0.3) is 0 Å². The van der Waals surface area contributed by atoms with Gasteiger partial charge in [-0.15, -0.1) is 0 Å². The molecule has 0 saturated heterocycles. The Balaban J connectivity index is 2.14. The summed E-state index contributed by atoms with van der Waals surface area (Å²) >= 11 is 0. The van der Waals surface area contributed by atoms with Crippen molar-refractivity contribution >= 4 is 11.6 Å². The van der Waals surface area contributed by atoms with E-state index in [0.29, 0.717) is 17.0 Å². The first-order chi connectivity index (χ1) is 11.3. The summed E-state index contributed by atoms with van der Waals surface area (Å²) in [7, 11) is 2.86. The molecule has 2 aromatic rings. The van der Waals surface area contributed by atoms with Gasteiger partial charge in [0, 0.05) is 18.3 Å². The number of ether oxygens (including phenoxy) is 1. The van der Waals surface area contributed by atoms with Crippen LogP contribution in [0.4, 0.5) is 18.9 Å². The molecule has 0 fully saturated rings. The lowest BCUT2D eigenvalue weighted by atomic mass is 9.75. The van der Waals surface area contributed by atoms with Crippen molar-refractivity contribution in [2.24, 2.45) is 0 Å². The molecule has 1 heterocycles. The number of rotatable bonds is 3. The van der Waals surface area contributed by atoms with E-state index in [4.69, 9.17) is 4.74 Å². The molecule has 0 radical (unpaired) electrons. The Bertz CT molecular complexity index is 771. The molecule has 1 atom stereocenters. The van der Waals surface area contributed by atoms with Gasteiger partial charge in [0.2, 0.25) is 5.91 Å². The number of likely N-dealkylation sites (N-methyl/N-ethyl adjacent to an activating group) is 1. The highest BCUT2D eigenvalue weighted by Gasteiger charge is 2.66. The van der Waals surface area contributed by atoms with E-state index in [1.54, 1.807) is 30.3 Å². The van der Waals surface area contributed by atoms with Gasteiger partial charge in [0.25, 0.3) is 0 Å². The fourth-order valence-electron chi connectivity index (χ4n) is 3.23. The zero-order chi connectivity index (χ0) is 17.5. The number of alkyl halides is 3. The maximum Gasteiger partial charge on any atom is 0.407 e. The number of hydrogen-bond acceptors (Lipinski definition) is 2. The molecule has 0 saturated carbocycles. The maximum absolute atomic E-state index is 14.1. The Morgan fingerprint density at radius 2 is 1.71 bits per heavy atom. The highest BCUT2D eigenvalue weighted by molar-refractivity contribution is 6.08. The number of benzene rings is 2. The molecule has 1 amide bonds. The molecule has 0 aliphatic carbocycles. The molecule has 0 N–H and O–H groups in total. The van der Waals surface area contributed by atoms with Gasteiger partial charge in [-0.1, -0.05) is 30.3 Å². The van der Waals surface area contributed by atoms with Gasteiger partial charge in [0.15, 0.2) is 5.41 Å². The van der Waals surface area contributed by atoms with Crippen molar-refractivity contribution in [3.05, 3.63) is 59.7 Å². The topological polar surface area (TPSA) is 29.5 Å². The first kappa shape index (κ1) is 16.4. The summed E-state index contributed by atoms with van der Waals surface area (Å²) in [6, 6.07) is 12.4. The van der Waals surface area contributed by atoms with Crippen molar-refractivity contribution < 1.29 is 22.7 Å². The van der Waals surface area contributed by atoms with E-state index in [-0.39, 0.29) is 5.56 Å². The highest BCUT2D eigenvalue weighted by atomic mass is 19.4. The zero-order valence-electron chi connectivity index (χ0n) is 13.2. The highest BCUT2D eigenvalue weighted by Crippen LogP contribution is 2.52. The van der Waals surface area contributed by atoms with E-state index in [0.717, 1.165) is 4.90 Å². The lowest BCUT2D eigenvalue weighted by molar-refractivity contribution is -0.191. The second kappa shape index (κ2) is 5.54. The van der Waals surface area contributed by atoms with Gasteiger partial charge in [0.1, 0.15) is 5.75 Å². The van der Waals surface area contributed by atoms with E-state index in [1.165, 1.54) is 32.4 Å². The average molecular weight is 335 g/mol. The third-order valence-corrected chi connectivity index (χ3v) is 4.51. The SMILES string of the molecule is COc1ccc(CC2(C(F)(F)F)C(=O)N(C)c3ccccc32)cc1. The number of anilines is 1. The van der Waals surface area contributed by atoms with Gasteiger partial charge in [-0.2, -0.15) is 13.2 Å². The van der Waals surface area contributed by atoms with Crippen molar-refractivity contribution in [3.63, 3.8) is 0 Å².